The second-order valence-corrected chi connectivity index (χ2v) is 3.83. The van der Waals surface area contributed by atoms with E-state index in [9.17, 15) is 18.0 Å². The summed E-state index contributed by atoms with van der Waals surface area (Å²) in [6.07, 6.45) is 2.23. The number of ketones is 1. The highest BCUT2D eigenvalue weighted by Crippen LogP contribution is 2.16. The number of carbonyl (C=O) groups excluding carboxylic acids is 1. The van der Waals surface area contributed by atoms with Crippen molar-refractivity contribution < 1.29 is 18.0 Å². The Kier molecular flexibility index (Phi) is 3.80. The van der Waals surface area contributed by atoms with Crippen molar-refractivity contribution in [2.75, 3.05) is 0 Å². The third kappa shape index (κ3) is 2.91. The maximum Gasteiger partial charge on any atom is 0.195 e. The molecule has 0 amide bonds. The van der Waals surface area contributed by atoms with Gasteiger partial charge in [0.1, 0.15) is 0 Å². The molecule has 4 heteroatoms. The number of rotatable bonds is 3. The molecule has 2 aromatic carbocycles. The zero-order valence-electron chi connectivity index (χ0n) is 9.74. The molecule has 0 aliphatic rings. The molecule has 0 aliphatic carbocycles. The molecule has 0 unspecified atom stereocenters. The van der Waals surface area contributed by atoms with Gasteiger partial charge in [0.2, 0.25) is 0 Å². The highest BCUT2D eigenvalue weighted by Gasteiger charge is 2.11. The van der Waals surface area contributed by atoms with Gasteiger partial charge in [-0.2, -0.15) is 0 Å². The minimum Gasteiger partial charge on any atom is -0.289 e. The molecule has 0 spiro atoms. The molecule has 0 bridgehead atoms. The van der Waals surface area contributed by atoms with Crippen molar-refractivity contribution in [3.8, 4) is 0 Å². The van der Waals surface area contributed by atoms with Crippen LogP contribution in [-0.2, 0) is 0 Å². The van der Waals surface area contributed by atoms with Gasteiger partial charge < -0.3 is 0 Å². The van der Waals surface area contributed by atoms with E-state index in [1.165, 1.54) is 0 Å². The first-order valence-electron chi connectivity index (χ1n) is 5.50. The van der Waals surface area contributed by atoms with Gasteiger partial charge in [-0.3, -0.25) is 4.79 Å². The zero-order chi connectivity index (χ0) is 13.8. The van der Waals surface area contributed by atoms with Crippen molar-refractivity contribution in [2.45, 2.75) is 0 Å². The molecule has 0 aliphatic heterocycles. The lowest BCUT2D eigenvalue weighted by molar-refractivity contribution is 0.104. The third-order valence-electron chi connectivity index (χ3n) is 2.54. The van der Waals surface area contributed by atoms with Crippen LogP contribution in [0, 0.1) is 17.5 Å². The van der Waals surface area contributed by atoms with Crippen LogP contribution in [0.2, 0.25) is 0 Å². The molecule has 1 nitrogen and oxygen atoms in total. The molecule has 96 valence electrons. The van der Waals surface area contributed by atoms with Gasteiger partial charge in [-0.15, -0.1) is 0 Å². The van der Waals surface area contributed by atoms with Crippen LogP contribution in [0.3, 0.4) is 0 Å². The first kappa shape index (κ1) is 13.1. The average Bonchev–Trinajstić information content (AvgIpc) is 2.45. The molecule has 0 atom stereocenters. The Morgan fingerprint density at radius 1 is 0.895 bits per heavy atom. The predicted octanol–water partition coefficient (Wildman–Crippen LogP) is 4.00. The van der Waals surface area contributed by atoms with Crippen LogP contribution in [0.25, 0.3) is 6.08 Å². The van der Waals surface area contributed by atoms with Gasteiger partial charge in [0.05, 0.1) is 0 Å². The zero-order valence-corrected chi connectivity index (χ0v) is 9.74. The molecule has 0 radical (unpaired) electrons. The lowest BCUT2D eigenvalue weighted by atomic mass is 10.1. The second-order valence-electron chi connectivity index (χ2n) is 3.83. The fourth-order valence-corrected chi connectivity index (χ4v) is 1.53. The molecule has 2 aromatic rings. The molecule has 19 heavy (non-hydrogen) atoms. The smallest absolute Gasteiger partial charge is 0.195 e. The Labute approximate surface area is 108 Å². The van der Waals surface area contributed by atoms with Crippen molar-refractivity contribution >= 4 is 11.9 Å². The van der Waals surface area contributed by atoms with E-state index in [1.807, 2.05) is 0 Å². The van der Waals surface area contributed by atoms with Crippen LogP contribution in [0.4, 0.5) is 13.2 Å². The molecule has 0 N–H and O–H groups in total. The Bertz CT molecular complexity index is 633. The molecule has 0 saturated carbocycles. The minimum atomic E-state index is -1.55. The van der Waals surface area contributed by atoms with Gasteiger partial charge in [0.15, 0.2) is 23.2 Å². The standard InChI is InChI=1S/C15H9F3O/c16-12-8-6-11(14(17)15(12)18)7-9-13(19)10-4-2-1-3-5-10/h1-9H. The molecular weight excluding hydrogens is 253 g/mol. The van der Waals surface area contributed by atoms with Crippen LogP contribution < -0.4 is 0 Å². The van der Waals surface area contributed by atoms with Crippen molar-refractivity contribution in [1.29, 1.82) is 0 Å². The summed E-state index contributed by atoms with van der Waals surface area (Å²) in [6, 6.07) is 10.2. The van der Waals surface area contributed by atoms with Gasteiger partial charge in [-0.1, -0.05) is 30.3 Å². The predicted molar refractivity (Wildman–Crippen MR) is 66.1 cm³/mol. The van der Waals surface area contributed by atoms with E-state index in [2.05, 4.69) is 0 Å². The van der Waals surface area contributed by atoms with E-state index >= 15 is 0 Å². The Morgan fingerprint density at radius 2 is 1.58 bits per heavy atom. The summed E-state index contributed by atoms with van der Waals surface area (Å²) in [5.41, 5.74) is 0.255. The van der Waals surface area contributed by atoms with Gasteiger partial charge in [-0.25, -0.2) is 13.2 Å². The van der Waals surface area contributed by atoms with E-state index in [0.29, 0.717) is 5.56 Å². The summed E-state index contributed by atoms with van der Waals surface area (Å²) in [4.78, 5) is 11.7. The van der Waals surface area contributed by atoms with Crippen molar-refractivity contribution in [3.63, 3.8) is 0 Å². The van der Waals surface area contributed by atoms with Gasteiger partial charge in [0, 0.05) is 11.1 Å². The molecular formula is C15H9F3O. The summed E-state index contributed by atoms with van der Waals surface area (Å²) >= 11 is 0. The van der Waals surface area contributed by atoms with E-state index < -0.39 is 17.5 Å². The van der Waals surface area contributed by atoms with Crippen LogP contribution in [0.15, 0.2) is 48.5 Å². The SMILES string of the molecule is O=C(C=Cc1ccc(F)c(F)c1F)c1ccccc1. The second kappa shape index (κ2) is 5.52. The average molecular weight is 262 g/mol. The maximum absolute atomic E-state index is 13.3. The normalized spacial score (nSPS) is 10.9. The fraction of sp³-hybridized carbons (Fsp3) is 0. The number of benzene rings is 2. The highest BCUT2D eigenvalue weighted by atomic mass is 19.2. The van der Waals surface area contributed by atoms with Crippen LogP contribution in [0.5, 0.6) is 0 Å². The molecule has 0 saturated heterocycles. The fourth-order valence-electron chi connectivity index (χ4n) is 1.53. The lowest BCUT2D eigenvalue weighted by Gasteiger charge is -1.99. The summed E-state index contributed by atoms with van der Waals surface area (Å²) in [5.74, 6) is -4.46. The van der Waals surface area contributed by atoms with E-state index in [-0.39, 0.29) is 11.3 Å². The molecule has 0 fully saturated rings. The summed E-state index contributed by atoms with van der Waals surface area (Å²) in [6.45, 7) is 0. The van der Waals surface area contributed by atoms with E-state index in [1.54, 1.807) is 30.3 Å². The summed E-state index contributed by atoms with van der Waals surface area (Å²) in [5, 5.41) is 0. The number of hydrogen-bond acceptors (Lipinski definition) is 1. The Hall–Kier alpha value is -2.36. The minimum absolute atomic E-state index is 0.178. The van der Waals surface area contributed by atoms with E-state index in [0.717, 1.165) is 24.3 Å². The van der Waals surface area contributed by atoms with Crippen LogP contribution in [-0.4, -0.2) is 5.78 Å². The van der Waals surface area contributed by atoms with Crippen molar-refractivity contribution in [3.05, 3.63) is 77.1 Å². The van der Waals surface area contributed by atoms with Gasteiger partial charge in [-0.05, 0) is 24.3 Å². The van der Waals surface area contributed by atoms with Gasteiger partial charge >= 0.3 is 0 Å². The Balaban J connectivity index is 2.25. The third-order valence-corrected chi connectivity index (χ3v) is 2.54. The maximum atomic E-state index is 13.3. The number of allylic oxidation sites excluding steroid dienone is 1. The monoisotopic (exact) mass is 262 g/mol. The molecule has 0 heterocycles. The van der Waals surface area contributed by atoms with E-state index in [4.69, 9.17) is 0 Å². The van der Waals surface area contributed by atoms with Crippen molar-refractivity contribution in [1.82, 2.24) is 0 Å². The highest BCUT2D eigenvalue weighted by molar-refractivity contribution is 6.06. The topological polar surface area (TPSA) is 17.1 Å². The lowest BCUT2D eigenvalue weighted by Crippen LogP contribution is -1.95. The van der Waals surface area contributed by atoms with Gasteiger partial charge in [0.25, 0.3) is 0 Å². The van der Waals surface area contributed by atoms with Crippen LogP contribution >= 0.6 is 0 Å². The number of hydrogen-bond donors (Lipinski definition) is 0. The number of carbonyl (C=O) groups is 1. The number of halogens is 3. The first-order valence-corrected chi connectivity index (χ1v) is 5.50. The molecule has 2 rings (SSSR count). The first-order chi connectivity index (χ1) is 9.09. The van der Waals surface area contributed by atoms with Crippen molar-refractivity contribution in [2.24, 2.45) is 0 Å². The summed E-state index contributed by atoms with van der Waals surface area (Å²) < 4.78 is 39.0. The largest absolute Gasteiger partial charge is 0.289 e. The summed E-state index contributed by atoms with van der Waals surface area (Å²) in [7, 11) is 0. The Morgan fingerprint density at radius 3 is 2.26 bits per heavy atom. The quantitative estimate of drug-likeness (QED) is 0.464. The van der Waals surface area contributed by atoms with Crippen LogP contribution in [0.1, 0.15) is 15.9 Å². The molecule has 0 aromatic heterocycles.